The Kier molecular flexibility index (Phi) is 4.58. The molecule has 0 aliphatic rings. The number of thiophene rings is 1. The highest BCUT2D eigenvalue weighted by atomic mass is 32.1. The molecule has 1 heterocycles. The van der Waals surface area contributed by atoms with Crippen LogP contribution in [0.3, 0.4) is 0 Å². The molecule has 1 rings (SSSR count). The molecule has 1 aromatic heterocycles. The van der Waals surface area contributed by atoms with Gasteiger partial charge in [0.25, 0.3) is 0 Å². The molecule has 3 heteroatoms. The second-order valence-corrected chi connectivity index (χ2v) is 4.95. The van der Waals surface area contributed by atoms with E-state index in [2.05, 4.69) is 43.3 Å². The summed E-state index contributed by atoms with van der Waals surface area (Å²) in [6.07, 6.45) is 0. The van der Waals surface area contributed by atoms with Crippen molar-refractivity contribution in [1.82, 2.24) is 4.90 Å². The summed E-state index contributed by atoms with van der Waals surface area (Å²) in [5.74, 6) is 0.572. The predicted molar refractivity (Wildman–Crippen MR) is 63.6 cm³/mol. The van der Waals surface area contributed by atoms with Crippen molar-refractivity contribution in [1.29, 1.82) is 0 Å². The molecule has 0 aliphatic carbocycles. The Hall–Kier alpha value is -0.380. The number of nitrogens with two attached hydrogens (primary N) is 1. The highest BCUT2D eigenvalue weighted by Gasteiger charge is 2.14. The minimum atomic E-state index is 0.504. The lowest BCUT2D eigenvalue weighted by atomic mass is 10.1. The molecule has 0 fully saturated rings. The van der Waals surface area contributed by atoms with Crippen LogP contribution in [0.15, 0.2) is 17.5 Å². The maximum absolute atomic E-state index is 5.62. The molecule has 2 N–H and O–H groups in total. The van der Waals surface area contributed by atoms with Crippen molar-refractivity contribution >= 4 is 11.3 Å². The lowest BCUT2D eigenvalue weighted by Crippen LogP contribution is -2.30. The van der Waals surface area contributed by atoms with E-state index in [4.69, 9.17) is 5.73 Å². The molecule has 2 unspecified atom stereocenters. The van der Waals surface area contributed by atoms with Gasteiger partial charge in [0.1, 0.15) is 0 Å². The Morgan fingerprint density at radius 3 is 2.71 bits per heavy atom. The zero-order valence-electron chi connectivity index (χ0n) is 9.23. The van der Waals surface area contributed by atoms with Gasteiger partial charge in [0.05, 0.1) is 0 Å². The van der Waals surface area contributed by atoms with Gasteiger partial charge < -0.3 is 5.73 Å². The van der Waals surface area contributed by atoms with Crippen molar-refractivity contribution < 1.29 is 0 Å². The van der Waals surface area contributed by atoms with Crippen molar-refractivity contribution in [3.63, 3.8) is 0 Å². The van der Waals surface area contributed by atoms with Gasteiger partial charge in [-0.05, 0) is 37.9 Å². The van der Waals surface area contributed by atoms with E-state index in [1.165, 1.54) is 4.88 Å². The summed E-state index contributed by atoms with van der Waals surface area (Å²) in [5, 5.41) is 2.13. The summed E-state index contributed by atoms with van der Waals surface area (Å²) in [5.41, 5.74) is 5.62. The van der Waals surface area contributed by atoms with Gasteiger partial charge >= 0.3 is 0 Å². The van der Waals surface area contributed by atoms with Gasteiger partial charge in [-0.15, -0.1) is 11.3 Å². The van der Waals surface area contributed by atoms with Crippen molar-refractivity contribution in [2.24, 2.45) is 11.7 Å². The molecule has 80 valence electrons. The summed E-state index contributed by atoms with van der Waals surface area (Å²) >= 11 is 1.82. The van der Waals surface area contributed by atoms with Crippen LogP contribution in [-0.4, -0.2) is 25.0 Å². The van der Waals surface area contributed by atoms with Crippen molar-refractivity contribution in [2.75, 3.05) is 20.1 Å². The lowest BCUT2D eigenvalue weighted by Gasteiger charge is -2.26. The predicted octanol–water partition coefficient (Wildman–Crippen LogP) is 2.34. The summed E-state index contributed by atoms with van der Waals surface area (Å²) in [7, 11) is 2.16. The van der Waals surface area contributed by atoms with E-state index in [0.29, 0.717) is 12.0 Å². The molecule has 14 heavy (non-hydrogen) atoms. The largest absolute Gasteiger partial charge is 0.330 e. The molecule has 0 saturated carbocycles. The molecule has 1 aromatic rings. The molecule has 0 radical (unpaired) electrons. The Morgan fingerprint density at radius 2 is 2.21 bits per heavy atom. The first kappa shape index (κ1) is 11.7. The molecule has 0 amide bonds. The van der Waals surface area contributed by atoms with Crippen LogP contribution in [0.25, 0.3) is 0 Å². The van der Waals surface area contributed by atoms with Crippen LogP contribution in [0.4, 0.5) is 0 Å². The molecular weight excluding hydrogens is 192 g/mol. The van der Waals surface area contributed by atoms with E-state index in [1.807, 2.05) is 11.3 Å². The maximum Gasteiger partial charge on any atom is 0.0410 e. The number of hydrogen-bond acceptors (Lipinski definition) is 3. The molecule has 2 atom stereocenters. The average molecular weight is 212 g/mol. The zero-order valence-corrected chi connectivity index (χ0v) is 10.1. The van der Waals surface area contributed by atoms with Gasteiger partial charge in [-0.1, -0.05) is 13.0 Å². The molecule has 0 aliphatic heterocycles. The molecule has 2 nitrogen and oxygen atoms in total. The van der Waals surface area contributed by atoms with Crippen LogP contribution in [0.5, 0.6) is 0 Å². The average Bonchev–Trinajstić information content (AvgIpc) is 2.69. The number of hydrogen-bond donors (Lipinski definition) is 1. The van der Waals surface area contributed by atoms with E-state index < -0.39 is 0 Å². The normalized spacial score (nSPS) is 15.8. The van der Waals surface area contributed by atoms with Crippen LogP contribution in [0, 0.1) is 5.92 Å². The molecule has 0 saturated heterocycles. The quantitative estimate of drug-likeness (QED) is 0.811. The fourth-order valence-corrected chi connectivity index (χ4v) is 2.32. The second-order valence-electron chi connectivity index (χ2n) is 3.97. The van der Waals surface area contributed by atoms with Crippen molar-refractivity contribution in [3.8, 4) is 0 Å². The van der Waals surface area contributed by atoms with Crippen molar-refractivity contribution in [2.45, 2.75) is 19.9 Å². The first-order valence-corrected chi connectivity index (χ1v) is 5.96. The Labute approximate surface area is 90.7 Å². The topological polar surface area (TPSA) is 29.3 Å². The second kappa shape index (κ2) is 5.49. The van der Waals surface area contributed by atoms with Gasteiger partial charge in [0.15, 0.2) is 0 Å². The monoisotopic (exact) mass is 212 g/mol. The van der Waals surface area contributed by atoms with Gasteiger partial charge in [0.2, 0.25) is 0 Å². The fraction of sp³-hybridized carbons (Fsp3) is 0.636. The minimum Gasteiger partial charge on any atom is -0.330 e. The van der Waals surface area contributed by atoms with Crippen LogP contribution in [0.1, 0.15) is 24.8 Å². The van der Waals surface area contributed by atoms with Crippen LogP contribution in [0.2, 0.25) is 0 Å². The Bertz CT molecular complexity index is 246. The van der Waals surface area contributed by atoms with E-state index >= 15 is 0 Å². The maximum atomic E-state index is 5.62. The minimum absolute atomic E-state index is 0.504. The third kappa shape index (κ3) is 3.08. The fourth-order valence-electron chi connectivity index (χ4n) is 1.47. The highest BCUT2D eigenvalue weighted by Crippen LogP contribution is 2.23. The molecule has 0 aromatic carbocycles. The van der Waals surface area contributed by atoms with Gasteiger partial charge in [-0.25, -0.2) is 0 Å². The van der Waals surface area contributed by atoms with Crippen molar-refractivity contribution in [3.05, 3.63) is 22.4 Å². The van der Waals surface area contributed by atoms with Gasteiger partial charge in [-0.3, -0.25) is 4.90 Å². The van der Waals surface area contributed by atoms with E-state index in [1.54, 1.807) is 0 Å². The molecular formula is C11H20N2S. The molecule has 0 spiro atoms. The lowest BCUT2D eigenvalue weighted by molar-refractivity contribution is 0.231. The summed E-state index contributed by atoms with van der Waals surface area (Å²) in [4.78, 5) is 3.79. The summed E-state index contributed by atoms with van der Waals surface area (Å²) in [6.45, 7) is 6.27. The first-order valence-electron chi connectivity index (χ1n) is 5.08. The third-order valence-electron chi connectivity index (χ3n) is 2.62. The standard InChI is InChI=1S/C11H20N2S/c1-9(7-12)8-13(3)10(2)11-5-4-6-14-11/h4-6,9-10H,7-8,12H2,1-3H3. The van der Waals surface area contributed by atoms with E-state index in [0.717, 1.165) is 13.1 Å². The van der Waals surface area contributed by atoms with Crippen LogP contribution in [-0.2, 0) is 0 Å². The van der Waals surface area contributed by atoms with E-state index in [-0.39, 0.29) is 0 Å². The first-order chi connectivity index (χ1) is 6.65. The zero-order chi connectivity index (χ0) is 10.6. The summed E-state index contributed by atoms with van der Waals surface area (Å²) < 4.78 is 0. The molecule has 0 bridgehead atoms. The summed E-state index contributed by atoms with van der Waals surface area (Å²) in [6, 6.07) is 4.80. The van der Waals surface area contributed by atoms with Crippen LogP contribution < -0.4 is 5.73 Å². The third-order valence-corrected chi connectivity index (χ3v) is 3.66. The number of nitrogens with zero attached hydrogens (tertiary/aromatic N) is 1. The highest BCUT2D eigenvalue weighted by molar-refractivity contribution is 7.10. The smallest absolute Gasteiger partial charge is 0.0410 e. The van der Waals surface area contributed by atoms with Crippen LogP contribution >= 0.6 is 11.3 Å². The SMILES string of the molecule is CC(CN)CN(C)C(C)c1cccs1. The van der Waals surface area contributed by atoms with E-state index in [9.17, 15) is 0 Å². The van der Waals surface area contributed by atoms with Gasteiger partial charge in [-0.2, -0.15) is 0 Å². The Balaban J connectivity index is 2.48. The van der Waals surface area contributed by atoms with Gasteiger partial charge in [0, 0.05) is 17.5 Å². The Morgan fingerprint density at radius 1 is 1.50 bits per heavy atom. The number of rotatable bonds is 5.